The summed E-state index contributed by atoms with van der Waals surface area (Å²) in [6.07, 6.45) is 5.46. The Kier molecular flexibility index (Phi) is 7.45. The summed E-state index contributed by atoms with van der Waals surface area (Å²) >= 11 is 0. The molecule has 0 unspecified atom stereocenters. The Morgan fingerprint density at radius 3 is 1.39 bits per heavy atom. The Bertz CT molecular complexity index is 1350. The van der Waals surface area contributed by atoms with Gasteiger partial charge in [-0.15, -0.1) is 0 Å². The highest BCUT2D eigenvalue weighted by molar-refractivity contribution is 8.00. The van der Waals surface area contributed by atoms with Crippen LogP contribution in [0.2, 0.25) is 0 Å². The number of hydrogen-bond acceptors (Lipinski definition) is 8. The first-order valence-electron chi connectivity index (χ1n) is 11.2. The van der Waals surface area contributed by atoms with Crippen LogP contribution in [-0.4, -0.2) is 41.9 Å². The van der Waals surface area contributed by atoms with Crippen molar-refractivity contribution in [3.63, 3.8) is 0 Å². The van der Waals surface area contributed by atoms with Gasteiger partial charge in [0.2, 0.25) is 0 Å². The normalized spacial score (nSPS) is 17.7. The fourth-order valence-corrected chi connectivity index (χ4v) is 5.99. The summed E-state index contributed by atoms with van der Waals surface area (Å²) in [7, 11) is -7.66. The van der Waals surface area contributed by atoms with Gasteiger partial charge in [-0.3, -0.25) is 9.59 Å². The molecule has 0 bridgehead atoms. The Morgan fingerprint density at radius 2 is 1.03 bits per heavy atom. The number of unbranched alkanes of at least 4 members (excludes halogenated alkanes) is 3. The van der Waals surface area contributed by atoms with Crippen LogP contribution >= 0.6 is 0 Å². The number of benzene rings is 2. The lowest BCUT2D eigenvalue weighted by Crippen LogP contribution is -2.22. The molecule has 0 saturated heterocycles. The lowest BCUT2D eigenvalue weighted by atomic mass is 10.2. The van der Waals surface area contributed by atoms with Gasteiger partial charge in [0.05, 0.1) is 13.2 Å². The highest BCUT2D eigenvalue weighted by Gasteiger charge is 2.30. The van der Waals surface area contributed by atoms with E-state index < -0.39 is 31.9 Å². The maximum Gasteiger partial charge on any atom is 0.265 e. The van der Waals surface area contributed by atoms with Gasteiger partial charge in [-0.2, -0.15) is 0 Å². The molecule has 2 heterocycles. The number of ether oxygens (including phenoxy) is 2. The molecule has 12 heteroatoms. The lowest BCUT2D eigenvalue weighted by molar-refractivity contribution is -0.115. The molecule has 0 aromatic heterocycles. The molecule has 2 aromatic carbocycles. The van der Waals surface area contributed by atoms with Crippen LogP contribution in [0.5, 0.6) is 11.5 Å². The van der Waals surface area contributed by atoms with Crippen LogP contribution in [0.3, 0.4) is 0 Å². The van der Waals surface area contributed by atoms with Crippen molar-refractivity contribution >= 4 is 41.7 Å². The molecule has 2 aliphatic heterocycles. The molecule has 2 amide bonds. The summed E-state index contributed by atoms with van der Waals surface area (Å²) in [6.45, 7) is 0.900. The minimum absolute atomic E-state index is 0.0739. The molecule has 0 aliphatic carbocycles. The van der Waals surface area contributed by atoms with Crippen molar-refractivity contribution in [3.05, 3.63) is 71.8 Å². The number of nitrogens with one attached hydrogen (secondary N) is 2. The third-order valence-corrected chi connectivity index (χ3v) is 8.19. The smallest absolute Gasteiger partial charge is 0.265 e. The SMILES string of the molecule is O=C1C=C(c2cccc(OCCCCCCOc3cccc(C4=CC(=O)NS4(=O)=O)c3)c2)S(=O)(=O)N1. The highest BCUT2D eigenvalue weighted by atomic mass is 32.2. The minimum atomic E-state index is -3.83. The molecule has 0 saturated carbocycles. The molecule has 2 aromatic rings. The van der Waals surface area contributed by atoms with Gasteiger partial charge in [-0.05, 0) is 61.1 Å². The van der Waals surface area contributed by atoms with Crippen LogP contribution in [0.25, 0.3) is 9.81 Å². The lowest BCUT2D eigenvalue weighted by Gasteiger charge is -2.10. The zero-order chi connectivity index (χ0) is 25.8. The van der Waals surface area contributed by atoms with Crippen molar-refractivity contribution in [2.45, 2.75) is 25.7 Å². The van der Waals surface area contributed by atoms with E-state index in [1.807, 2.05) is 9.44 Å². The summed E-state index contributed by atoms with van der Waals surface area (Å²) in [5, 5.41) is 0. The Morgan fingerprint density at radius 1 is 0.611 bits per heavy atom. The van der Waals surface area contributed by atoms with Crippen LogP contribution in [0.4, 0.5) is 0 Å². The second-order valence-corrected chi connectivity index (χ2v) is 11.4. The summed E-state index contributed by atoms with van der Waals surface area (Å²) < 4.78 is 63.2. The molecule has 10 nitrogen and oxygen atoms in total. The fraction of sp³-hybridized carbons (Fsp3) is 0.250. The van der Waals surface area contributed by atoms with Gasteiger partial charge in [-0.25, -0.2) is 26.3 Å². The molecule has 4 rings (SSSR count). The topological polar surface area (TPSA) is 145 Å². The molecule has 0 fully saturated rings. The monoisotopic (exact) mass is 532 g/mol. The molecule has 0 radical (unpaired) electrons. The third-order valence-electron chi connectivity index (χ3n) is 5.39. The van der Waals surface area contributed by atoms with Gasteiger partial charge in [0.25, 0.3) is 31.9 Å². The Hall–Kier alpha value is -3.64. The molecular formula is C24H24N2O8S2. The van der Waals surface area contributed by atoms with Crippen LogP contribution in [0, 0.1) is 0 Å². The second-order valence-electron chi connectivity index (χ2n) is 8.12. The molecule has 2 N–H and O–H groups in total. The zero-order valence-corrected chi connectivity index (χ0v) is 20.7. The summed E-state index contributed by atoms with van der Waals surface area (Å²) in [5.41, 5.74) is 0.772. The van der Waals surface area contributed by atoms with Gasteiger partial charge < -0.3 is 9.47 Å². The standard InChI is InChI=1S/C24H24N2O8S2/c27-23-15-21(35(29,30)25-23)17-7-5-9-19(13-17)33-11-3-1-2-4-12-34-20-10-6-8-18(14-20)22-16-24(28)26-36(22,31)32/h5-10,13-16H,1-4,11-12H2,(H,25,27)(H,26,28). The molecule has 0 spiro atoms. The largest absolute Gasteiger partial charge is 0.494 e. The van der Waals surface area contributed by atoms with Crippen LogP contribution < -0.4 is 18.9 Å². The van der Waals surface area contributed by atoms with Crippen molar-refractivity contribution < 1.29 is 35.9 Å². The van der Waals surface area contributed by atoms with E-state index in [0.29, 0.717) is 35.8 Å². The molecule has 2 aliphatic rings. The van der Waals surface area contributed by atoms with Gasteiger partial charge in [0, 0.05) is 12.2 Å². The number of hydrogen-bond donors (Lipinski definition) is 2. The van der Waals surface area contributed by atoms with Crippen LogP contribution in [-0.2, 0) is 29.6 Å². The van der Waals surface area contributed by atoms with E-state index in [4.69, 9.17) is 9.47 Å². The molecule has 0 atom stereocenters. The second kappa shape index (κ2) is 10.5. The van der Waals surface area contributed by atoms with Gasteiger partial charge >= 0.3 is 0 Å². The van der Waals surface area contributed by atoms with Gasteiger partial charge in [-0.1, -0.05) is 24.3 Å². The first kappa shape index (κ1) is 25.5. The maximum absolute atomic E-state index is 12.0. The van der Waals surface area contributed by atoms with Gasteiger partial charge in [0.1, 0.15) is 21.3 Å². The number of carbonyl (C=O) groups is 2. The molecule has 190 valence electrons. The van der Waals surface area contributed by atoms with Crippen molar-refractivity contribution in [3.8, 4) is 11.5 Å². The number of rotatable bonds is 11. The van der Waals surface area contributed by atoms with E-state index in [1.165, 1.54) is 0 Å². The molecular weight excluding hydrogens is 508 g/mol. The maximum atomic E-state index is 12.0. The van der Waals surface area contributed by atoms with E-state index in [0.717, 1.165) is 37.8 Å². The summed E-state index contributed by atoms with van der Waals surface area (Å²) in [6, 6.07) is 13.2. The Balaban J connectivity index is 1.17. The van der Waals surface area contributed by atoms with E-state index >= 15 is 0 Å². The average molecular weight is 533 g/mol. The quantitative estimate of drug-likeness (QED) is 0.420. The minimum Gasteiger partial charge on any atom is -0.494 e. The summed E-state index contributed by atoms with van der Waals surface area (Å²) in [4.78, 5) is 22.6. The van der Waals surface area contributed by atoms with Gasteiger partial charge in [0.15, 0.2) is 0 Å². The zero-order valence-electron chi connectivity index (χ0n) is 19.1. The number of sulfonamides is 2. The molecule has 36 heavy (non-hydrogen) atoms. The van der Waals surface area contributed by atoms with E-state index in [9.17, 15) is 26.4 Å². The van der Waals surface area contributed by atoms with Crippen molar-refractivity contribution in [2.75, 3.05) is 13.2 Å². The van der Waals surface area contributed by atoms with Crippen LogP contribution in [0.1, 0.15) is 36.8 Å². The Labute approximate surface area is 209 Å². The number of amides is 2. The third kappa shape index (κ3) is 6.13. The van der Waals surface area contributed by atoms with E-state index in [1.54, 1.807) is 48.5 Å². The predicted molar refractivity (Wildman–Crippen MR) is 132 cm³/mol. The number of carbonyl (C=O) groups excluding carboxylic acids is 2. The van der Waals surface area contributed by atoms with Crippen molar-refractivity contribution in [2.24, 2.45) is 0 Å². The van der Waals surface area contributed by atoms with Crippen LogP contribution in [0.15, 0.2) is 60.7 Å². The predicted octanol–water partition coefficient (Wildman–Crippen LogP) is 2.31. The average Bonchev–Trinajstić information content (AvgIpc) is 3.27. The van der Waals surface area contributed by atoms with Crippen molar-refractivity contribution in [1.29, 1.82) is 0 Å². The fourth-order valence-electron chi connectivity index (χ4n) is 3.72. The van der Waals surface area contributed by atoms with Crippen molar-refractivity contribution in [1.82, 2.24) is 9.44 Å². The first-order valence-corrected chi connectivity index (χ1v) is 14.1. The van der Waals surface area contributed by atoms with E-state index in [2.05, 4.69) is 0 Å². The summed E-state index contributed by atoms with van der Waals surface area (Å²) in [5.74, 6) is -0.299. The first-order chi connectivity index (χ1) is 17.1. The van der Waals surface area contributed by atoms with E-state index in [-0.39, 0.29) is 9.81 Å². The highest BCUT2D eigenvalue weighted by Crippen LogP contribution is 2.28.